The summed E-state index contributed by atoms with van der Waals surface area (Å²) >= 11 is 4.91. The average Bonchev–Trinajstić information content (AvgIpc) is 2.80. The number of halogens is 1. The van der Waals surface area contributed by atoms with Crippen molar-refractivity contribution in [2.24, 2.45) is 0 Å². The fraction of sp³-hybridized carbons (Fsp3) is 0.0909. The van der Waals surface area contributed by atoms with Gasteiger partial charge in [-0.1, -0.05) is 0 Å². The number of thiazole rings is 1. The van der Waals surface area contributed by atoms with Crippen LogP contribution in [0, 0.1) is 0 Å². The number of carboxylic acid groups (broad SMARTS) is 1. The summed E-state index contributed by atoms with van der Waals surface area (Å²) < 4.78 is 0.738. The van der Waals surface area contributed by atoms with Gasteiger partial charge in [0.2, 0.25) is 0 Å². The second-order valence-electron chi connectivity index (χ2n) is 3.32. The summed E-state index contributed by atoms with van der Waals surface area (Å²) in [5, 5.41) is 12.0. The fourth-order valence-electron chi connectivity index (χ4n) is 1.30. The molecule has 2 aromatic rings. The minimum absolute atomic E-state index is 0.264. The Morgan fingerprint density at radius 2 is 2.35 bits per heavy atom. The average molecular weight is 313 g/mol. The Hall–Kier alpha value is -1.40. The molecule has 0 amide bonds. The molecule has 88 valence electrons. The third-order valence-electron chi connectivity index (χ3n) is 2.15. The lowest BCUT2D eigenvalue weighted by atomic mass is 10.2. The van der Waals surface area contributed by atoms with Crippen LogP contribution in [0.3, 0.4) is 0 Å². The van der Waals surface area contributed by atoms with Gasteiger partial charge in [-0.3, -0.25) is 4.98 Å². The molecule has 1 aromatic carbocycles. The predicted molar refractivity (Wildman–Crippen MR) is 70.5 cm³/mol. The predicted octanol–water partition coefficient (Wildman–Crippen LogP) is 3.22. The van der Waals surface area contributed by atoms with E-state index in [0.717, 1.165) is 15.0 Å². The zero-order valence-corrected chi connectivity index (χ0v) is 11.1. The van der Waals surface area contributed by atoms with Crippen LogP contribution in [0.4, 0.5) is 5.69 Å². The second kappa shape index (κ2) is 5.29. The topological polar surface area (TPSA) is 62.2 Å². The summed E-state index contributed by atoms with van der Waals surface area (Å²) in [4.78, 5) is 15.9. The summed E-state index contributed by atoms with van der Waals surface area (Å²) in [6.07, 6.45) is 1.80. The number of aromatic carboxylic acids is 1. The van der Waals surface area contributed by atoms with Gasteiger partial charge < -0.3 is 10.4 Å². The summed E-state index contributed by atoms with van der Waals surface area (Å²) in [6.45, 7) is 0.676. The van der Waals surface area contributed by atoms with Crippen molar-refractivity contribution in [2.45, 2.75) is 6.54 Å². The van der Waals surface area contributed by atoms with Gasteiger partial charge in [0.25, 0.3) is 0 Å². The lowest BCUT2D eigenvalue weighted by Crippen LogP contribution is -2.01. The van der Waals surface area contributed by atoms with E-state index in [1.54, 1.807) is 41.2 Å². The lowest BCUT2D eigenvalue weighted by Gasteiger charge is -2.07. The quantitative estimate of drug-likeness (QED) is 0.910. The first-order valence-corrected chi connectivity index (χ1v) is 6.48. The van der Waals surface area contributed by atoms with Gasteiger partial charge in [-0.2, -0.15) is 0 Å². The van der Waals surface area contributed by atoms with Crippen molar-refractivity contribution in [2.75, 3.05) is 5.32 Å². The Morgan fingerprint density at radius 1 is 1.53 bits per heavy atom. The molecule has 1 heterocycles. The van der Waals surface area contributed by atoms with Gasteiger partial charge in [0.05, 0.1) is 17.6 Å². The minimum Gasteiger partial charge on any atom is -0.478 e. The van der Waals surface area contributed by atoms with E-state index < -0.39 is 5.97 Å². The Morgan fingerprint density at radius 3 is 2.94 bits per heavy atom. The number of nitrogens with one attached hydrogen (secondary N) is 1. The van der Waals surface area contributed by atoms with Crippen molar-refractivity contribution in [1.29, 1.82) is 0 Å². The summed E-state index contributed by atoms with van der Waals surface area (Å²) in [5.41, 5.74) is 2.91. The first-order valence-electron chi connectivity index (χ1n) is 4.81. The number of anilines is 1. The number of carboxylic acids is 1. The molecule has 0 spiro atoms. The Kier molecular flexibility index (Phi) is 3.75. The van der Waals surface area contributed by atoms with Crippen molar-refractivity contribution in [1.82, 2.24) is 4.98 Å². The molecule has 0 atom stereocenters. The molecule has 0 unspecified atom stereocenters. The Labute approximate surface area is 110 Å². The van der Waals surface area contributed by atoms with E-state index >= 15 is 0 Å². The van der Waals surface area contributed by atoms with Gasteiger partial charge >= 0.3 is 5.97 Å². The summed E-state index contributed by atoms with van der Waals surface area (Å²) in [5.74, 6) is -0.931. The van der Waals surface area contributed by atoms with Crippen molar-refractivity contribution >= 4 is 38.9 Å². The number of hydrogen-bond acceptors (Lipinski definition) is 4. The maximum Gasteiger partial charge on any atom is 0.335 e. The molecule has 1 aromatic heterocycles. The van der Waals surface area contributed by atoms with Crippen LogP contribution >= 0.6 is 27.3 Å². The van der Waals surface area contributed by atoms with E-state index in [4.69, 9.17) is 5.11 Å². The molecule has 0 bridgehead atoms. The summed E-state index contributed by atoms with van der Waals surface area (Å²) in [6, 6.07) is 4.90. The van der Waals surface area contributed by atoms with Crippen LogP contribution in [0.15, 0.2) is 34.4 Å². The molecule has 0 aliphatic rings. The molecule has 0 fully saturated rings. The van der Waals surface area contributed by atoms with E-state index in [1.165, 1.54) is 0 Å². The molecule has 0 saturated carbocycles. The van der Waals surface area contributed by atoms with Crippen LogP contribution < -0.4 is 5.32 Å². The van der Waals surface area contributed by atoms with Crippen LogP contribution in [0.5, 0.6) is 0 Å². The number of hydrogen-bond donors (Lipinski definition) is 2. The Balaban J connectivity index is 2.09. The van der Waals surface area contributed by atoms with Crippen molar-refractivity contribution in [3.63, 3.8) is 0 Å². The highest BCUT2D eigenvalue weighted by Crippen LogP contribution is 2.24. The maximum atomic E-state index is 10.8. The van der Waals surface area contributed by atoms with Gasteiger partial charge in [0, 0.05) is 21.2 Å². The first-order chi connectivity index (χ1) is 8.16. The monoisotopic (exact) mass is 312 g/mol. The van der Waals surface area contributed by atoms with Crippen LogP contribution in [0.25, 0.3) is 0 Å². The molecule has 0 aliphatic heterocycles. The fourth-order valence-corrected chi connectivity index (χ4v) is 2.36. The van der Waals surface area contributed by atoms with Crippen molar-refractivity contribution < 1.29 is 9.90 Å². The zero-order valence-electron chi connectivity index (χ0n) is 8.68. The molecule has 0 radical (unpaired) electrons. The van der Waals surface area contributed by atoms with E-state index in [0.29, 0.717) is 6.54 Å². The van der Waals surface area contributed by atoms with Gasteiger partial charge in [-0.25, -0.2) is 4.79 Å². The Bertz CT molecular complexity index is 528. The molecule has 4 nitrogen and oxygen atoms in total. The SMILES string of the molecule is O=C(O)c1ccc(NCc2cncs2)c(Br)c1. The van der Waals surface area contributed by atoms with Crippen LogP contribution in [-0.2, 0) is 6.54 Å². The molecular weight excluding hydrogens is 304 g/mol. The molecule has 17 heavy (non-hydrogen) atoms. The van der Waals surface area contributed by atoms with Crippen LogP contribution in [0.1, 0.15) is 15.2 Å². The zero-order chi connectivity index (χ0) is 12.3. The molecule has 2 N–H and O–H groups in total. The number of nitrogens with zero attached hydrogens (tertiary/aromatic N) is 1. The van der Waals surface area contributed by atoms with E-state index in [-0.39, 0.29) is 5.56 Å². The number of aromatic nitrogens is 1. The molecule has 2 rings (SSSR count). The largest absolute Gasteiger partial charge is 0.478 e. The lowest BCUT2D eigenvalue weighted by molar-refractivity contribution is 0.0697. The van der Waals surface area contributed by atoms with E-state index in [1.807, 2.05) is 0 Å². The van der Waals surface area contributed by atoms with E-state index in [9.17, 15) is 4.79 Å². The van der Waals surface area contributed by atoms with Crippen molar-refractivity contribution in [3.8, 4) is 0 Å². The third kappa shape index (κ3) is 3.04. The van der Waals surface area contributed by atoms with E-state index in [2.05, 4.69) is 26.2 Å². The second-order valence-corrected chi connectivity index (χ2v) is 5.15. The third-order valence-corrected chi connectivity index (χ3v) is 3.59. The van der Waals surface area contributed by atoms with Crippen LogP contribution in [-0.4, -0.2) is 16.1 Å². The van der Waals surface area contributed by atoms with Crippen molar-refractivity contribution in [3.05, 3.63) is 44.8 Å². The summed E-state index contributed by atoms with van der Waals surface area (Å²) in [7, 11) is 0. The number of rotatable bonds is 4. The minimum atomic E-state index is -0.931. The number of carbonyl (C=O) groups is 1. The molecule has 0 aliphatic carbocycles. The maximum absolute atomic E-state index is 10.8. The highest BCUT2D eigenvalue weighted by molar-refractivity contribution is 9.10. The van der Waals surface area contributed by atoms with Gasteiger partial charge in [0.15, 0.2) is 0 Å². The van der Waals surface area contributed by atoms with Crippen LogP contribution in [0.2, 0.25) is 0 Å². The molecule has 0 saturated heterocycles. The smallest absolute Gasteiger partial charge is 0.335 e. The molecular formula is C11H9BrN2O2S. The normalized spacial score (nSPS) is 10.2. The van der Waals surface area contributed by atoms with Gasteiger partial charge in [-0.15, -0.1) is 11.3 Å². The number of benzene rings is 1. The highest BCUT2D eigenvalue weighted by atomic mass is 79.9. The van der Waals surface area contributed by atoms with Gasteiger partial charge in [-0.05, 0) is 34.1 Å². The first kappa shape index (κ1) is 12.1. The highest BCUT2D eigenvalue weighted by Gasteiger charge is 2.06. The van der Waals surface area contributed by atoms with Gasteiger partial charge in [0.1, 0.15) is 0 Å². The molecule has 6 heteroatoms. The standard InChI is InChI=1S/C11H9BrN2O2S/c12-9-3-7(11(15)16)1-2-10(9)14-5-8-4-13-6-17-8/h1-4,6,14H,5H2,(H,15,16).